The zero-order chi connectivity index (χ0) is 15.1. The van der Waals surface area contributed by atoms with Crippen LogP contribution in [0, 0.1) is 11.8 Å². The lowest BCUT2D eigenvalue weighted by Crippen LogP contribution is -2.26. The van der Waals surface area contributed by atoms with Crippen LogP contribution in [0.4, 0.5) is 0 Å². The Balaban J connectivity index is 2.69. The molecule has 0 aromatic heterocycles. The zero-order valence-electron chi connectivity index (χ0n) is 13.1. The van der Waals surface area contributed by atoms with E-state index in [1.807, 2.05) is 6.07 Å². The van der Waals surface area contributed by atoms with Crippen LogP contribution in [0.5, 0.6) is 11.5 Å². The molecule has 0 radical (unpaired) electrons. The third-order valence-corrected chi connectivity index (χ3v) is 3.93. The van der Waals surface area contributed by atoms with Gasteiger partial charge in [-0.1, -0.05) is 26.8 Å². The highest BCUT2D eigenvalue weighted by molar-refractivity contribution is 9.10. The third-order valence-electron chi connectivity index (χ3n) is 3.18. The van der Waals surface area contributed by atoms with E-state index < -0.39 is 0 Å². The second kappa shape index (κ2) is 8.53. The second-order valence-electron chi connectivity index (χ2n) is 5.64. The predicted octanol–water partition coefficient (Wildman–Crippen LogP) is 3.89. The average molecular weight is 344 g/mol. The molecule has 1 unspecified atom stereocenters. The molecule has 0 aliphatic carbocycles. The van der Waals surface area contributed by atoms with E-state index >= 15 is 0 Å². The van der Waals surface area contributed by atoms with Crippen LogP contribution in [0.1, 0.15) is 26.3 Å². The summed E-state index contributed by atoms with van der Waals surface area (Å²) in [6, 6.07) is 4.07. The van der Waals surface area contributed by atoms with Gasteiger partial charge in [-0.05, 0) is 58.9 Å². The van der Waals surface area contributed by atoms with E-state index in [2.05, 4.69) is 48.1 Å². The van der Waals surface area contributed by atoms with E-state index in [9.17, 15) is 0 Å². The zero-order valence-corrected chi connectivity index (χ0v) is 14.7. The summed E-state index contributed by atoms with van der Waals surface area (Å²) in [5.41, 5.74) is 1.21. The molecule has 0 heterocycles. The Morgan fingerprint density at radius 1 is 1.10 bits per heavy atom. The Kier molecular flexibility index (Phi) is 7.38. The first-order valence-corrected chi connectivity index (χ1v) is 7.88. The fourth-order valence-electron chi connectivity index (χ4n) is 2.18. The monoisotopic (exact) mass is 343 g/mol. The molecule has 0 saturated carbocycles. The van der Waals surface area contributed by atoms with E-state index in [0.717, 1.165) is 35.5 Å². The Bertz CT molecular complexity index is 421. The van der Waals surface area contributed by atoms with Gasteiger partial charge in [-0.15, -0.1) is 0 Å². The lowest BCUT2D eigenvalue weighted by molar-refractivity contribution is 0.382. The quantitative estimate of drug-likeness (QED) is 0.776. The van der Waals surface area contributed by atoms with Gasteiger partial charge >= 0.3 is 0 Å². The number of halogens is 1. The highest BCUT2D eigenvalue weighted by Gasteiger charge is 2.14. The van der Waals surface area contributed by atoms with Crippen molar-refractivity contribution in [1.82, 2.24) is 5.32 Å². The lowest BCUT2D eigenvalue weighted by atomic mass is 10.00. The molecule has 3 nitrogen and oxygen atoms in total. The number of benzene rings is 1. The number of rotatable bonds is 8. The topological polar surface area (TPSA) is 30.5 Å². The van der Waals surface area contributed by atoms with Gasteiger partial charge in [-0.2, -0.15) is 0 Å². The van der Waals surface area contributed by atoms with Gasteiger partial charge in [0.1, 0.15) is 16.0 Å². The van der Waals surface area contributed by atoms with Crippen LogP contribution < -0.4 is 14.8 Å². The summed E-state index contributed by atoms with van der Waals surface area (Å²) in [7, 11) is 3.36. The summed E-state index contributed by atoms with van der Waals surface area (Å²) in [6.07, 6.45) is 0.983. The van der Waals surface area contributed by atoms with Crippen LogP contribution in [0.25, 0.3) is 0 Å². The van der Waals surface area contributed by atoms with Crippen LogP contribution in [0.2, 0.25) is 0 Å². The van der Waals surface area contributed by atoms with Gasteiger partial charge in [0.25, 0.3) is 0 Å². The Morgan fingerprint density at radius 3 is 2.35 bits per heavy atom. The average Bonchev–Trinajstić information content (AvgIpc) is 2.39. The summed E-state index contributed by atoms with van der Waals surface area (Å²) < 4.78 is 11.7. The SMILES string of the molecule is COc1ccc(CC(C)CNCC(C)C)c(OC)c1Br. The first kappa shape index (κ1) is 17.3. The van der Waals surface area contributed by atoms with Gasteiger partial charge in [0.15, 0.2) is 0 Å². The van der Waals surface area contributed by atoms with Crippen LogP contribution in [0.3, 0.4) is 0 Å². The van der Waals surface area contributed by atoms with E-state index in [4.69, 9.17) is 9.47 Å². The van der Waals surface area contributed by atoms with Crippen molar-refractivity contribution in [3.63, 3.8) is 0 Å². The van der Waals surface area contributed by atoms with E-state index in [0.29, 0.717) is 11.8 Å². The maximum atomic E-state index is 5.51. The van der Waals surface area contributed by atoms with Gasteiger partial charge in [0.2, 0.25) is 0 Å². The normalized spacial score (nSPS) is 12.6. The van der Waals surface area contributed by atoms with Crippen molar-refractivity contribution in [2.24, 2.45) is 11.8 Å². The Hall–Kier alpha value is -0.740. The van der Waals surface area contributed by atoms with Gasteiger partial charge in [0, 0.05) is 0 Å². The molecule has 0 aliphatic rings. The standard InChI is InChI=1S/C16H26BrNO2/c1-11(2)9-18-10-12(3)8-13-6-7-14(19-4)15(17)16(13)20-5/h6-7,11-12,18H,8-10H2,1-5H3. The van der Waals surface area contributed by atoms with Gasteiger partial charge in [0.05, 0.1) is 14.2 Å². The smallest absolute Gasteiger partial charge is 0.140 e. The number of hydrogen-bond acceptors (Lipinski definition) is 3. The highest BCUT2D eigenvalue weighted by Crippen LogP contribution is 2.37. The molecule has 1 N–H and O–H groups in total. The summed E-state index contributed by atoms with van der Waals surface area (Å²) in [4.78, 5) is 0. The minimum Gasteiger partial charge on any atom is -0.495 e. The largest absolute Gasteiger partial charge is 0.495 e. The van der Waals surface area contributed by atoms with Crippen molar-refractivity contribution in [2.75, 3.05) is 27.3 Å². The molecule has 1 atom stereocenters. The minimum absolute atomic E-state index is 0.558. The summed E-state index contributed by atoms with van der Waals surface area (Å²) >= 11 is 3.55. The Labute approximate surface area is 131 Å². The second-order valence-corrected chi connectivity index (χ2v) is 6.43. The maximum absolute atomic E-state index is 5.51. The molecule has 0 amide bonds. The fraction of sp³-hybridized carbons (Fsp3) is 0.625. The molecule has 0 spiro atoms. The lowest BCUT2D eigenvalue weighted by Gasteiger charge is -2.17. The molecule has 0 saturated heterocycles. The predicted molar refractivity (Wildman–Crippen MR) is 87.8 cm³/mol. The molecule has 1 rings (SSSR count). The number of hydrogen-bond donors (Lipinski definition) is 1. The van der Waals surface area contributed by atoms with Crippen molar-refractivity contribution in [1.29, 1.82) is 0 Å². The van der Waals surface area contributed by atoms with Gasteiger partial charge < -0.3 is 14.8 Å². The van der Waals surface area contributed by atoms with E-state index in [-0.39, 0.29) is 0 Å². The first-order chi connectivity index (χ1) is 9.49. The number of methoxy groups -OCH3 is 2. The van der Waals surface area contributed by atoms with Crippen molar-refractivity contribution < 1.29 is 9.47 Å². The summed E-state index contributed by atoms with van der Waals surface area (Å²) in [6.45, 7) is 8.78. The molecule has 0 aliphatic heterocycles. The first-order valence-electron chi connectivity index (χ1n) is 7.09. The third kappa shape index (κ3) is 4.98. The van der Waals surface area contributed by atoms with Crippen molar-refractivity contribution in [3.8, 4) is 11.5 Å². The van der Waals surface area contributed by atoms with Crippen LogP contribution >= 0.6 is 15.9 Å². The van der Waals surface area contributed by atoms with E-state index in [1.165, 1.54) is 5.56 Å². The van der Waals surface area contributed by atoms with Crippen molar-refractivity contribution in [3.05, 3.63) is 22.2 Å². The summed E-state index contributed by atoms with van der Waals surface area (Å²) in [5.74, 6) is 2.92. The maximum Gasteiger partial charge on any atom is 0.140 e. The highest BCUT2D eigenvalue weighted by atomic mass is 79.9. The molecule has 1 aromatic carbocycles. The number of ether oxygens (including phenoxy) is 2. The Morgan fingerprint density at radius 2 is 1.80 bits per heavy atom. The minimum atomic E-state index is 0.558. The molecule has 0 fully saturated rings. The van der Waals surface area contributed by atoms with Crippen molar-refractivity contribution in [2.45, 2.75) is 27.2 Å². The summed E-state index contributed by atoms with van der Waals surface area (Å²) in [5, 5.41) is 3.50. The van der Waals surface area contributed by atoms with Crippen LogP contribution in [0.15, 0.2) is 16.6 Å². The fourth-order valence-corrected chi connectivity index (χ4v) is 2.89. The van der Waals surface area contributed by atoms with Gasteiger partial charge in [-0.3, -0.25) is 0 Å². The molecule has 20 heavy (non-hydrogen) atoms. The molecular weight excluding hydrogens is 318 g/mol. The van der Waals surface area contributed by atoms with E-state index in [1.54, 1.807) is 14.2 Å². The molecule has 1 aromatic rings. The molecule has 114 valence electrons. The number of nitrogens with one attached hydrogen (secondary N) is 1. The molecular formula is C16H26BrNO2. The molecule has 4 heteroatoms. The van der Waals surface area contributed by atoms with Crippen molar-refractivity contribution >= 4 is 15.9 Å². The van der Waals surface area contributed by atoms with Crippen LogP contribution in [-0.4, -0.2) is 27.3 Å². The van der Waals surface area contributed by atoms with Gasteiger partial charge in [-0.25, -0.2) is 0 Å². The van der Waals surface area contributed by atoms with Crippen LogP contribution in [-0.2, 0) is 6.42 Å². The molecule has 0 bridgehead atoms.